The van der Waals surface area contributed by atoms with Crippen molar-refractivity contribution in [1.82, 2.24) is 39.9 Å². The topological polar surface area (TPSA) is 279 Å². The number of aromatic nitrogens is 8. The van der Waals surface area contributed by atoms with E-state index in [1.54, 1.807) is 163 Å². The first-order chi connectivity index (χ1) is 60.5. The molecule has 18 nitrogen and oxygen atoms in total. The third-order valence-electron chi connectivity index (χ3n) is 20.4. The summed E-state index contributed by atoms with van der Waals surface area (Å²) < 4.78 is 87.6. The number of sulfone groups is 3. The van der Waals surface area contributed by atoms with Gasteiger partial charge in [0.25, 0.3) is 0 Å². The van der Waals surface area contributed by atoms with E-state index in [-0.39, 0.29) is 5.41 Å². The molecule has 21 rings (SSSR count). The highest BCUT2D eigenvalue weighted by Gasteiger charge is 2.40. The number of hydrogen-bond donors (Lipinski definition) is 0. The van der Waals surface area contributed by atoms with Gasteiger partial charge in [-0.1, -0.05) is 207 Å². The van der Waals surface area contributed by atoms with Gasteiger partial charge in [0, 0.05) is 82.5 Å². The van der Waals surface area contributed by atoms with Crippen LogP contribution in [0.2, 0.25) is 0 Å². The number of nitrogens with zero attached hydrogens (tertiary/aromatic N) is 10. The molecule has 0 radical (unpaired) electrons. The standard InChI is InChI=1S/C15H14O2S.2C13H12O2S.C12H9NO.C12H9NS.C11H8N2O.C11H8N2S.C9H9N.C7H7N3/c1-15(2)11-7-3-5-9-13(11)18(16,17)14-10-6-4-8-12(14)15;1-11-6-5-9-13(10-11)16(14,15)12-7-3-2-4-8-12;1-11-7-9-13(10-8-11)16(14,15)12-5-3-2-4-6-12;2*1-8-6-7-10-9-4-2-3-5-11(9)14-12(10)13-8;2*1-7-12-6-9-8-4-2-3-5-10(8)14-11(9)13-7;1-7-3-4-9(6-10)8(2)5-7;1-5-4-9-7(3-8)6(2)10-5/h3-10H,1-2H3;2*2-10H,1H3;2*2-7H,1H3;2*2-6H,1H3;3-5H,1-2H3;4H,1-2H3. The molecule has 23 heteroatoms. The number of hydrogen-bond acceptors (Lipinski definition) is 20. The average Bonchev–Trinajstić information content (AvgIpc) is 1.13. The molecule has 0 bridgehead atoms. The van der Waals surface area contributed by atoms with E-state index in [0.29, 0.717) is 46.5 Å². The van der Waals surface area contributed by atoms with Gasteiger partial charge in [0.1, 0.15) is 38.5 Å². The van der Waals surface area contributed by atoms with Crippen molar-refractivity contribution < 1.29 is 34.1 Å². The lowest BCUT2D eigenvalue weighted by molar-refractivity contribution is 0.555. The molecule has 0 atom stereocenters. The fourth-order valence-electron chi connectivity index (χ4n) is 13.9. The first-order valence-electron chi connectivity index (χ1n) is 40.1. The van der Waals surface area contributed by atoms with Crippen molar-refractivity contribution in [2.75, 3.05) is 0 Å². The minimum atomic E-state index is -3.37. The zero-order valence-corrected chi connectivity index (χ0v) is 75.4. The van der Waals surface area contributed by atoms with E-state index in [4.69, 9.17) is 19.4 Å². The zero-order chi connectivity index (χ0) is 89.5. The van der Waals surface area contributed by atoms with Gasteiger partial charge in [0.05, 0.1) is 57.8 Å². The Balaban J connectivity index is 0.000000122. The maximum Gasteiger partial charge on any atom is 0.230 e. The first kappa shape index (κ1) is 89.6. The molecule has 1 aliphatic heterocycles. The van der Waals surface area contributed by atoms with E-state index >= 15 is 0 Å². The smallest absolute Gasteiger partial charge is 0.230 e. The summed E-state index contributed by atoms with van der Waals surface area (Å²) in [4.78, 5) is 38.3. The fourth-order valence-corrected chi connectivity index (χ4v) is 20.8. The molecule has 0 spiro atoms. The van der Waals surface area contributed by atoms with E-state index in [1.807, 2.05) is 184 Å². The maximum absolute atomic E-state index is 12.6. The molecule has 11 aromatic carbocycles. The quantitative estimate of drug-likeness (QED) is 0.158. The SMILES string of the molecule is CC1(C)c2ccccc2S(=O)(=O)c2ccccc21.Cc1ccc(C#N)c(C)c1.Cc1ccc(S(=O)(=O)c2ccccc2)cc1.Cc1ccc2c(n1)oc1ccccc12.Cc1ccc2c(n1)sc1ccccc12.Cc1cccc(S(=O)(=O)c2ccccc2)c1.Cc1cnc(C#N)c(C)n1.Cc1ncc2c(n1)oc1ccccc12.Cc1ncc2c(n1)sc1ccccc12. The molecule has 0 N–H and O–H groups in total. The predicted octanol–water partition coefficient (Wildman–Crippen LogP) is 24.8. The maximum atomic E-state index is 12.6. The van der Waals surface area contributed by atoms with Crippen LogP contribution in [0.4, 0.5) is 0 Å². The van der Waals surface area contributed by atoms with Crippen molar-refractivity contribution >= 4 is 137 Å². The summed E-state index contributed by atoms with van der Waals surface area (Å²) in [6.07, 6.45) is 5.31. The Labute approximate surface area is 740 Å². The molecule has 0 unspecified atom stereocenters. The lowest BCUT2D eigenvalue weighted by Gasteiger charge is -2.34. The number of para-hydroxylation sites is 2. The van der Waals surface area contributed by atoms with Crippen LogP contribution in [0.15, 0.2) is 354 Å². The van der Waals surface area contributed by atoms with Crippen molar-refractivity contribution in [3.63, 3.8) is 0 Å². The van der Waals surface area contributed by atoms with Gasteiger partial charge >= 0.3 is 0 Å². The molecule has 20 aromatic rings. The summed E-state index contributed by atoms with van der Waals surface area (Å²) in [5.41, 5.74) is 13.7. The number of aryl methyl sites for hydroxylation is 10. The van der Waals surface area contributed by atoms with Crippen molar-refractivity contribution in [3.05, 3.63) is 395 Å². The lowest BCUT2D eigenvalue weighted by atomic mass is 9.78. The van der Waals surface area contributed by atoms with Crippen LogP contribution in [0, 0.1) is 91.9 Å². The molecule has 0 saturated carbocycles. The highest BCUT2D eigenvalue weighted by atomic mass is 32.2. The van der Waals surface area contributed by atoms with Crippen LogP contribution in [0.3, 0.4) is 0 Å². The van der Waals surface area contributed by atoms with Gasteiger partial charge in [-0.15, -0.1) is 22.7 Å². The summed E-state index contributed by atoms with van der Waals surface area (Å²) in [5, 5.41) is 26.3. The number of benzene rings is 11. The average molecular weight is 1750 g/mol. The number of thiophene rings is 2. The van der Waals surface area contributed by atoms with Crippen LogP contribution in [-0.4, -0.2) is 65.1 Å². The molecule has 10 heterocycles. The molecule has 1 aliphatic rings. The van der Waals surface area contributed by atoms with Gasteiger partial charge in [0.15, 0.2) is 5.69 Å². The highest BCUT2D eigenvalue weighted by Crippen LogP contribution is 2.45. The Morgan fingerprint density at radius 3 is 1.35 bits per heavy atom. The molecule has 9 aromatic heterocycles. The van der Waals surface area contributed by atoms with E-state index in [0.717, 1.165) is 116 Å². The minimum absolute atomic E-state index is 0.279. The monoisotopic (exact) mass is 1750 g/mol. The zero-order valence-electron chi connectivity index (χ0n) is 71.3. The Morgan fingerprint density at radius 2 is 0.794 bits per heavy atom. The van der Waals surface area contributed by atoms with Crippen LogP contribution in [-0.2, 0) is 34.9 Å². The van der Waals surface area contributed by atoms with Crippen molar-refractivity contribution in [3.8, 4) is 12.1 Å². The largest absolute Gasteiger partial charge is 0.438 e. The van der Waals surface area contributed by atoms with Crippen LogP contribution in [0.25, 0.3) is 84.7 Å². The third-order valence-corrected chi connectivity index (χ3v) is 28.0. The predicted molar refractivity (Wildman–Crippen MR) is 505 cm³/mol. The van der Waals surface area contributed by atoms with Crippen LogP contribution >= 0.6 is 22.7 Å². The normalized spacial score (nSPS) is 12.0. The number of fused-ring (bicyclic) bond motifs is 14. The first-order valence-corrected chi connectivity index (χ1v) is 46.2. The van der Waals surface area contributed by atoms with E-state index < -0.39 is 29.5 Å². The molecular formula is C103H88N10O8S5. The van der Waals surface area contributed by atoms with Gasteiger partial charge in [-0.3, -0.25) is 4.98 Å². The van der Waals surface area contributed by atoms with E-state index in [2.05, 4.69) is 127 Å². The Kier molecular flexibility index (Phi) is 28.1. The van der Waals surface area contributed by atoms with Gasteiger partial charge in [0.2, 0.25) is 40.9 Å². The van der Waals surface area contributed by atoms with E-state index in [9.17, 15) is 25.3 Å². The Hall–Kier alpha value is -14.2. The molecule has 0 amide bonds. The molecule has 628 valence electrons. The second-order valence-electron chi connectivity index (χ2n) is 30.1. The second-order valence-corrected chi connectivity index (χ2v) is 38.0. The third kappa shape index (κ3) is 20.8. The Bertz CT molecular complexity index is 7230. The van der Waals surface area contributed by atoms with Gasteiger partial charge < -0.3 is 8.83 Å². The van der Waals surface area contributed by atoms with Crippen LogP contribution < -0.4 is 0 Å². The number of furan rings is 2. The van der Waals surface area contributed by atoms with Crippen molar-refractivity contribution in [2.24, 2.45) is 0 Å². The fraction of sp³-hybridized carbons (Fsp3) is 0.126. The number of nitriles is 2. The summed E-state index contributed by atoms with van der Waals surface area (Å²) in [5.74, 6) is 1.57. The molecule has 0 aliphatic carbocycles. The van der Waals surface area contributed by atoms with Gasteiger partial charge in [-0.2, -0.15) is 15.5 Å². The number of rotatable bonds is 4. The highest BCUT2D eigenvalue weighted by molar-refractivity contribution is 7.92. The second kappa shape index (κ2) is 39.6. The Morgan fingerprint density at radius 1 is 0.349 bits per heavy atom. The molecule has 0 fully saturated rings. The van der Waals surface area contributed by atoms with Crippen molar-refractivity contribution in [2.45, 2.75) is 118 Å². The molecular weight excluding hydrogens is 1670 g/mol. The molecule has 126 heavy (non-hydrogen) atoms. The summed E-state index contributed by atoms with van der Waals surface area (Å²) in [6, 6.07) is 96.2. The summed E-state index contributed by atoms with van der Waals surface area (Å²) in [7, 11) is -10.1. The van der Waals surface area contributed by atoms with Gasteiger partial charge in [-0.05, 0) is 207 Å². The summed E-state index contributed by atoms with van der Waals surface area (Å²) in [6.45, 7) is 23.3. The summed E-state index contributed by atoms with van der Waals surface area (Å²) >= 11 is 3.49. The molecule has 0 saturated heterocycles. The van der Waals surface area contributed by atoms with Gasteiger partial charge in [-0.25, -0.2) is 55.2 Å². The van der Waals surface area contributed by atoms with Crippen LogP contribution in [0.5, 0.6) is 0 Å². The minimum Gasteiger partial charge on any atom is -0.438 e. The van der Waals surface area contributed by atoms with E-state index in [1.165, 1.54) is 31.1 Å². The van der Waals surface area contributed by atoms with Crippen molar-refractivity contribution in [1.29, 1.82) is 10.5 Å². The number of pyridine rings is 2. The lowest BCUT2D eigenvalue weighted by Crippen LogP contribution is -2.29. The van der Waals surface area contributed by atoms with Crippen LogP contribution in [0.1, 0.15) is 92.9 Å².